The first-order chi connectivity index (χ1) is 11.8. The van der Waals surface area contributed by atoms with E-state index in [4.69, 9.17) is 4.74 Å². The van der Waals surface area contributed by atoms with Gasteiger partial charge in [0.25, 0.3) is 5.91 Å². The van der Waals surface area contributed by atoms with Crippen molar-refractivity contribution in [1.29, 1.82) is 0 Å². The summed E-state index contributed by atoms with van der Waals surface area (Å²) in [5.74, 6) is -0.0507. The van der Waals surface area contributed by atoms with Crippen LogP contribution in [0.3, 0.4) is 0 Å². The van der Waals surface area contributed by atoms with Crippen molar-refractivity contribution in [2.24, 2.45) is 0 Å². The summed E-state index contributed by atoms with van der Waals surface area (Å²) in [5, 5.41) is 3.54. The number of amides is 2. The number of carbonyl (C=O) groups is 2. The minimum absolute atomic E-state index is 0.0275. The molecule has 25 heavy (non-hydrogen) atoms. The number of likely N-dealkylation sites (tertiary alicyclic amines) is 1. The quantitative estimate of drug-likeness (QED) is 0.932. The number of carbonyl (C=O) groups excluding carboxylic acids is 2. The minimum Gasteiger partial charge on any atom is -0.442 e. The Hall–Kier alpha value is -2.63. The molecule has 1 aliphatic rings. The zero-order valence-electron chi connectivity index (χ0n) is 15.0. The Morgan fingerprint density at radius 3 is 2.64 bits per heavy atom. The molecule has 6 heteroatoms. The molecule has 1 fully saturated rings. The van der Waals surface area contributed by atoms with Gasteiger partial charge in [-0.05, 0) is 45.9 Å². The van der Waals surface area contributed by atoms with Gasteiger partial charge >= 0.3 is 6.09 Å². The molecule has 0 unspecified atom stereocenters. The van der Waals surface area contributed by atoms with Crippen molar-refractivity contribution < 1.29 is 14.3 Å². The summed E-state index contributed by atoms with van der Waals surface area (Å²) in [4.78, 5) is 30.7. The first kappa shape index (κ1) is 17.2. The molecular formula is C19H23N3O3. The summed E-state index contributed by atoms with van der Waals surface area (Å²) in [6.07, 6.45) is -0.688. The maximum absolute atomic E-state index is 12.9. The lowest BCUT2D eigenvalue weighted by atomic mass is 10.0. The van der Waals surface area contributed by atoms with Crippen molar-refractivity contribution >= 4 is 22.9 Å². The first-order valence-corrected chi connectivity index (χ1v) is 8.48. The molecule has 1 saturated heterocycles. The number of alkyl carbamates (subject to hydrolysis) is 1. The summed E-state index contributed by atoms with van der Waals surface area (Å²) in [5.41, 5.74) is 3.36. The van der Waals surface area contributed by atoms with Crippen LogP contribution in [-0.4, -0.2) is 47.1 Å². The fourth-order valence-corrected chi connectivity index (χ4v) is 2.92. The molecule has 0 atom stereocenters. The summed E-state index contributed by atoms with van der Waals surface area (Å²) < 4.78 is 5.29. The molecular weight excluding hydrogens is 318 g/mol. The average Bonchev–Trinajstić information content (AvgIpc) is 2.48. The summed E-state index contributed by atoms with van der Waals surface area (Å²) >= 11 is 0. The largest absolute Gasteiger partial charge is 0.442 e. The highest BCUT2D eigenvalue weighted by Crippen LogP contribution is 2.24. The highest BCUT2D eigenvalue weighted by Gasteiger charge is 2.34. The molecule has 0 aliphatic carbocycles. The lowest BCUT2D eigenvalue weighted by Gasteiger charge is -2.38. The van der Waals surface area contributed by atoms with E-state index in [0.717, 1.165) is 22.2 Å². The van der Waals surface area contributed by atoms with Crippen LogP contribution < -0.4 is 5.32 Å². The Kier molecular flexibility index (Phi) is 4.61. The SMILES string of the molecule is Cc1ccc2nc(C)cc(C(=O)N3CC(OC(=O)NC(C)C)C3)c2c1. The number of rotatable bonds is 3. The number of pyridine rings is 1. The Bertz CT molecular complexity index is 826. The van der Waals surface area contributed by atoms with Gasteiger partial charge in [0.05, 0.1) is 24.2 Å². The van der Waals surface area contributed by atoms with Gasteiger partial charge < -0.3 is 15.0 Å². The third kappa shape index (κ3) is 3.73. The summed E-state index contributed by atoms with van der Waals surface area (Å²) in [6, 6.07) is 7.76. The van der Waals surface area contributed by atoms with Crippen LogP contribution >= 0.6 is 0 Å². The summed E-state index contributed by atoms with van der Waals surface area (Å²) in [6.45, 7) is 8.45. The van der Waals surface area contributed by atoms with Crippen molar-refractivity contribution in [2.75, 3.05) is 13.1 Å². The maximum atomic E-state index is 12.9. The van der Waals surface area contributed by atoms with Crippen molar-refractivity contribution in [3.05, 3.63) is 41.1 Å². The highest BCUT2D eigenvalue weighted by molar-refractivity contribution is 6.06. The molecule has 0 bridgehead atoms. The number of nitrogens with one attached hydrogen (secondary N) is 1. The van der Waals surface area contributed by atoms with Gasteiger partial charge in [0, 0.05) is 17.1 Å². The van der Waals surface area contributed by atoms with Crippen LogP contribution in [0.15, 0.2) is 24.3 Å². The van der Waals surface area contributed by atoms with Crippen LogP contribution in [0.4, 0.5) is 4.79 Å². The van der Waals surface area contributed by atoms with Gasteiger partial charge in [0.15, 0.2) is 0 Å². The van der Waals surface area contributed by atoms with E-state index >= 15 is 0 Å². The molecule has 2 aromatic rings. The van der Waals surface area contributed by atoms with Gasteiger partial charge in [-0.3, -0.25) is 9.78 Å². The number of fused-ring (bicyclic) bond motifs is 1. The first-order valence-electron chi connectivity index (χ1n) is 8.48. The van der Waals surface area contributed by atoms with Crippen LogP contribution in [0, 0.1) is 13.8 Å². The van der Waals surface area contributed by atoms with E-state index in [1.807, 2.05) is 52.0 Å². The number of hydrogen-bond acceptors (Lipinski definition) is 4. The van der Waals surface area contributed by atoms with Gasteiger partial charge in [0.1, 0.15) is 6.10 Å². The molecule has 3 rings (SSSR count). The third-order valence-corrected chi connectivity index (χ3v) is 4.14. The van der Waals surface area contributed by atoms with E-state index in [1.165, 1.54) is 0 Å². The summed E-state index contributed by atoms with van der Waals surface area (Å²) in [7, 11) is 0. The Labute approximate surface area is 147 Å². The third-order valence-electron chi connectivity index (χ3n) is 4.14. The second kappa shape index (κ2) is 6.70. The van der Waals surface area contributed by atoms with Crippen LogP contribution in [0.2, 0.25) is 0 Å². The van der Waals surface area contributed by atoms with Crippen LogP contribution in [0.25, 0.3) is 10.9 Å². The van der Waals surface area contributed by atoms with Gasteiger partial charge in [-0.2, -0.15) is 0 Å². The van der Waals surface area contributed by atoms with E-state index < -0.39 is 6.09 Å². The second-order valence-electron chi connectivity index (χ2n) is 6.87. The molecule has 1 aromatic carbocycles. The number of hydrogen-bond donors (Lipinski definition) is 1. The van der Waals surface area contributed by atoms with Crippen LogP contribution in [0.5, 0.6) is 0 Å². The Balaban J connectivity index is 1.72. The smallest absolute Gasteiger partial charge is 0.407 e. The fraction of sp³-hybridized carbons (Fsp3) is 0.421. The van der Waals surface area contributed by atoms with Crippen molar-refractivity contribution in [3.8, 4) is 0 Å². The molecule has 1 N–H and O–H groups in total. The predicted octanol–water partition coefficient (Wildman–Crippen LogP) is 2.81. The van der Waals surface area contributed by atoms with E-state index in [1.54, 1.807) is 4.90 Å². The number of aromatic nitrogens is 1. The van der Waals surface area contributed by atoms with Crippen LogP contribution in [0.1, 0.15) is 35.5 Å². The normalized spacial score (nSPS) is 14.5. The fourth-order valence-electron chi connectivity index (χ4n) is 2.92. The molecule has 6 nitrogen and oxygen atoms in total. The topological polar surface area (TPSA) is 71.5 Å². The predicted molar refractivity (Wildman–Crippen MR) is 95.7 cm³/mol. The van der Waals surface area contributed by atoms with Gasteiger partial charge in [-0.1, -0.05) is 11.6 Å². The number of benzene rings is 1. The molecule has 132 valence electrons. The Morgan fingerprint density at radius 2 is 1.96 bits per heavy atom. The Morgan fingerprint density at radius 1 is 1.24 bits per heavy atom. The number of aryl methyl sites for hydroxylation is 2. The zero-order valence-corrected chi connectivity index (χ0v) is 15.0. The lowest BCUT2D eigenvalue weighted by Crippen LogP contribution is -2.56. The highest BCUT2D eigenvalue weighted by atomic mass is 16.6. The molecule has 0 spiro atoms. The lowest BCUT2D eigenvalue weighted by molar-refractivity contribution is -0.00691. The molecule has 1 aliphatic heterocycles. The second-order valence-corrected chi connectivity index (χ2v) is 6.87. The van der Waals surface area contributed by atoms with Gasteiger partial charge in [-0.25, -0.2) is 4.79 Å². The van der Waals surface area contributed by atoms with Crippen molar-refractivity contribution in [1.82, 2.24) is 15.2 Å². The molecule has 0 saturated carbocycles. The number of nitrogens with zero attached hydrogens (tertiary/aromatic N) is 2. The number of ether oxygens (including phenoxy) is 1. The van der Waals surface area contributed by atoms with E-state index in [-0.39, 0.29) is 18.1 Å². The average molecular weight is 341 g/mol. The molecule has 0 radical (unpaired) electrons. The van der Waals surface area contributed by atoms with Crippen LogP contribution in [-0.2, 0) is 4.74 Å². The minimum atomic E-state index is -0.437. The molecule has 2 amide bonds. The van der Waals surface area contributed by atoms with E-state index in [0.29, 0.717) is 18.7 Å². The monoisotopic (exact) mass is 341 g/mol. The maximum Gasteiger partial charge on any atom is 0.407 e. The zero-order chi connectivity index (χ0) is 18.1. The van der Waals surface area contributed by atoms with Crippen molar-refractivity contribution in [3.63, 3.8) is 0 Å². The molecule has 1 aromatic heterocycles. The standard InChI is InChI=1S/C19H23N3O3/c1-11(2)20-19(24)25-14-9-22(10-14)18(23)16-8-13(4)21-17-6-5-12(3)7-15(16)17/h5-8,11,14H,9-10H2,1-4H3,(H,20,24). The van der Waals surface area contributed by atoms with Gasteiger partial charge in [-0.15, -0.1) is 0 Å². The van der Waals surface area contributed by atoms with E-state index in [2.05, 4.69) is 10.3 Å². The van der Waals surface area contributed by atoms with Crippen molar-refractivity contribution in [2.45, 2.75) is 39.8 Å². The van der Waals surface area contributed by atoms with E-state index in [9.17, 15) is 9.59 Å². The van der Waals surface area contributed by atoms with Gasteiger partial charge in [0.2, 0.25) is 0 Å². The molecule has 2 heterocycles.